The van der Waals surface area contributed by atoms with Gasteiger partial charge in [0, 0.05) is 0 Å². The van der Waals surface area contributed by atoms with Crippen LogP contribution < -0.4 is 11.1 Å². The molecule has 2 atom stereocenters. The summed E-state index contributed by atoms with van der Waals surface area (Å²) in [6, 6.07) is 0.000509. The Morgan fingerprint density at radius 1 is 1.38 bits per heavy atom. The molecule has 0 spiro atoms. The molecule has 5 nitrogen and oxygen atoms in total. The first-order valence-corrected chi connectivity index (χ1v) is 5.77. The second-order valence-corrected chi connectivity index (χ2v) is 4.40. The van der Waals surface area contributed by atoms with E-state index in [-0.39, 0.29) is 18.0 Å². The molecule has 0 aromatic carbocycles. The van der Waals surface area contributed by atoms with Crippen LogP contribution in [0.2, 0.25) is 5.02 Å². The van der Waals surface area contributed by atoms with Crippen LogP contribution in [0.1, 0.15) is 25.7 Å². The quantitative estimate of drug-likeness (QED) is 0.731. The van der Waals surface area contributed by atoms with Crippen LogP contribution in [0.3, 0.4) is 0 Å². The minimum atomic E-state index is -0.346. The molecule has 1 aromatic heterocycles. The molecule has 0 saturated heterocycles. The Kier molecular flexibility index (Phi) is 3.46. The molecule has 0 bridgehead atoms. The van der Waals surface area contributed by atoms with Gasteiger partial charge in [0.05, 0.1) is 12.1 Å². The normalized spacial score (nSPS) is 25.4. The Balaban J connectivity index is 2.10. The first kappa shape index (κ1) is 11.4. The molecular weight excluding hydrogens is 228 g/mol. The number of hydrogen-bond acceptors (Lipinski definition) is 5. The number of hydrogen-bond donors (Lipinski definition) is 3. The Hall–Kier alpha value is -1.07. The Bertz CT molecular complexity index is 374. The molecular formula is C10H15ClN4O. The summed E-state index contributed by atoms with van der Waals surface area (Å²) in [7, 11) is 0. The third kappa shape index (κ3) is 2.36. The highest BCUT2D eigenvalue weighted by atomic mass is 35.5. The molecule has 0 radical (unpaired) electrons. The van der Waals surface area contributed by atoms with Crippen LogP contribution in [-0.2, 0) is 0 Å². The van der Waals surface area contributed by atoms with Crippen LogP contribution in [0.5, 0.6) is 0 Å². The lowest BCUT2D eigenvalue weighted by Gasteiger charge is -2.28. The average molecular weight is 243 g/mol. The van der Waals surface area contributed by atoms with Crippen LogP contribution >= 0.6 is 11.6 Å². The Morgan fingerprint density at radius 3 is 2.88 bits per heavy atom. The average Bonchev–Trinajstić information content (AvgIpc) is 2.28. The first-order chi connectivity index (χ1) is 7.68. The van der Waals surface area contributed by atoms with Crippen molar-refractivity contribution in [1.82, 2.24) is 9.97 Å². The number of nitrogen functional groups attached to an aromatic ring is 1. The van der Waals surface area contributed by atoms with Crippen molar-refractivity contribution >= 4 is 23.2 Å². The molecule has 1 heterocycles. The maximum atomic E-state index is 9.81. The predicted octanol–water partition coefficient (Wildman–Crippen LogP) is 1.43. The molecule has 1 aromatic rings. The number of aliphatic hydroxyl groups excluding tert-OH is 1. The van der Waals surface area contributed by atoms with Gasteiger partial charge in [-0.3, -0.25) is 0 Å². The summed E-state index contributed by atoms with van der Waals surface area (Å²) in [6.07, 6.45) is 4.92. The van der Waals surface area contributed by atoms with Gasteiger partial charge in [-0.25, -0.2) is 9.97 Å². The Labute approximate surface area is 99.0 Å². The van der Waals surface area contributed by atoms with Crippen molar-refractivity contribution < 1.29 is 5.11 Å². The molecule has 0 aliphatic heterocycles. The van der Waals surface area contributed by atoms with E-state index >= 15 is 0 Å². The van der Waals surface area contributed by atoms with E-state index in [2.05, 4.69) is 15.3 Å². The minimum absolute atomic E-state index is 0.000509. The van der Waals surface area contributed by atoms with Gasteiger partial charge in [0.2, 0.25) is 0 Å². The molecule has 1 fully saturated rings. The molecule has 0 unspecified atom stereocenters. The monoisotopic (exact) mass is 242 g/mol. The molecule has 2 rings (SSSR count). The van der Waals surface area contributed by atoms with Crippen LogP contribution in [0.15, 0.2) is 6.33 Å². The molecule has 88 valence electrons. The molecule has 1 aliphatic carbocycles. The summed E-state index contributed by atoms with van der Waals surface area (Å²) in [6.45, 7) is 0. The zero-order chi connectivity index (χ0) is 11.5. The molecule has 4 N–H and O–H groups in total. The molecule has 16 heavy (non-hydrogen) atoms. The number of aliphatic hydroxyl groups is 1. The third-order valence-electron chi connectivity index (χ3n) is 2.87. The van der Waals surface area contributed by atoms with E-state index in [0.717, 1.165) is 25.7 Å². The topological polar surface area (TPSA) is 84.1 Å². The number of aromatic nitrogens is 2. The van der Waals surface area contributed by atoms with Gasteiger partial charge in [-0.2, -0.15) is 0 Å². The van der Waals surface area contributed by atoms with Crippen LogP contribution in [0.25, 0.3) is 0 Å². The zero-order valence-corrected chi connectivity index (χ0v) is 9.61. The van der Waals surface area contributed by atoms with Gasteiger partial charge in [0.15, 0.2) is 5.82 Å². The highest BCUT2D eigenvalue weighted by Crippen LogP contribution is 2.27. The van der Waals surface area contributed by atoms with Gasteiger partial charge in [0.25, 0.3) is 0 Å². The van der Waals surface area contributed by atoms with E-state index in [4.69, 9.17) is 17.3 Å². The predicted molar refractivity (Wildman–Crippen MR) is 63.3 cm³/mol. The maximum Gasteiger partial charge on any atom is 0.150 e. The summed E-state index contributed by atoms with van der Waals surface area (Å²) in [5, 5.41) is 13.3. The van der Waals surface area contributed by atoms with Gasteiger partial charge in [-0.05, 0) is 12.8 Å². The lowest BCUT2D eigenvalue weighted by Crippen LogP contribution is -2.36. The second-order valence-electron chi connectivity index (χ2n) is 4.02. The molecule has 1 aliphatic rings. The molecule has 1 saturated carbocycles. The van der Waals surface area contributed by atoms with Crippen LogP contribution in [0, 0.1) is 0 Å². The number of rotatable bonds is 2. The standard InChI is InChI=1S/C10H15ClN4O/c11-8-9(12)13-5-14-10(8)15-6-3-1-2-4-7(6)16/h5-7,16H,1-4H2,(H3,12,13,14,15)/t6-,7-/m1/s1. The lowest BCUT2D eigenvalue weighted by atomic mass is 9.92. The van der Waals surface area contributed by atoms with Crippen molar-refractivity contribution in [2.24, 2.45) is 0 Å². The van der Waals surface area contributed by atoms with Gasteiger partial charge >= 0.3 is 0 Å². The summed E-state index contributed by atoms with van der Waals surface area (Å²) < 4.78 is 0. The van der Waals surface area contributed by atoms with Gasteiger partial charge in [-0.15, -0.1) is 0 Å². The number of nitrogens with two attached hydrogens (primary N) is 1. The number of anilines is 2. The van der Waals surface area contributed by atoms with E-state index in [1.165, 1.54) is 6.33 Å². The fourth-order valence-electron chi connectivity index (χ4n) is 1.94. The van der Waals surface area contributed by atoms with Crippen molar-refractivity contribution in [3.63, 3.8) is 0 Å². The lowest BCUT2D eigenvalue weighted by molar-refractivity contribution is 0.116. The highest BCUT2D eigenvalue weighted by Gasteiger charge is 2.24. The number of nitrogens with one attached hydrogen (secondary N) is 1. The fourth-order valence-corrected chi connectivity index (χ4v) is 2.09. The molecule has 0 amide bonds. The van der Waals surface area contributed by atoms with E-state index in [9.17, 15) is 5.11 Å². The van der Waals surface area contributed by atoms with E-state index in [1.54, 1.807) is 0 Å². The Morgan fingerprint density at radius 2 is 2.12 bits per heavy atom. The number of nitrogens with zero attached hydrogens (tertiary/aromatic N) is 2. The van der Waals surface area contributed by atoms with E-state index in [1.807, 2.05) is 0 Å². The second kappa shape index (κ2) is 4.84. The van der Waals surface area contributed by atoms with Crippen molar-refractivity contribution in [2.75, 3.05) is 11.1 Å². The van der Waals surface area contributed by atoms with Crippen molar-refractivity contribution in [2.45, 2.75) is 37.8 Å². The van der Waals surface area contributed by atoms with E-state index in [0.29, 0.717) is 10.8 Å². The van der Waals surface area contributed by atoms with E-state index < -0.39 is 0 Å². The van der Waals surface area contributed by atoms with Gasteiger partial charge in [0.1, 0.15) is 17.2 Å². The number of halogens is 1. The smallest absolute Gasteiger partial charge is 0.150 e. The SMILES string of the molecule is Nc1ncnc(N[C@@H]2CCCC[C@H]2O)c1Cl. The first-order valence-electron chi connectivity index (χ1n) is 5.39. The van der Waals surface area contributed by atoms with Crippen LogP contribution in [0.4, 0.5) is 11.6 Å². The van der Waals surface area contributed by atoms with Gasteiger partial charge < -0.3 is 16.2 Å². The zero-order valence-electron chi connectivity index (χ0n) is 8.86. The summed E-state index contributed by atoms with van der Waals surface area (Å²) in [5.41, 5.74) is 5.57. The highest BCUT2D eigenvalue weighted by molar-refractivity contribution is 6.35. The minimum Gasteiger partial charge on any atom is -0.391 e. The maximum absolute atomic E-state index is 9.81. The third-order valence-corrected chi connectivity index (χ3v) is 3.24. The van der Waals surface area contributed by atoms with Crippen molar-refractivity contribution in [3.8, 4) is 0 Å². The summed E-state index contributed by atoms with van der Waals surface area (Å²) >= 11 is 5.97. The molecule has 6 heteroatoms. The van der Waals surface area contributed by atoms with Gasteiger partial charge in [-0.1, -0.05) is 24.4 Å². The fraction of sp³-hybridized carbons (Fsp3) is 0.600. The summed E-state index contributed by atoms with van der Waals surface area (Å²) in [5.74, 6) is 0.754. The summed E-state index contributed by atoms with van der Waals surface area (Å²) in [4.78, 5) is 7.81. The van der Waals surface area contributed by atoms with Crippen molar-refractivity contribution in [1.29, 1.82) is 0 Å². The largest absolute Gasteiger partial charge is 0.391 e. The van der Waals surface area contributed by atoms with Crippen LogP contribution in [-0.4, -0.2) is 27.2 Å². The van der Waals surface area contributed by atoms with Crippen molar-refractivity contribution in [3.05, 3.63) is 11.3 Å².